The number of aliphatic imine (C=N–C) groups is 1. The molecular formula is C20H26BrN3O3. The summed E-state index contributed by atoms with van der Waals surface area (Å²) in [6.07, 6.45) is 0. The first kappa shape index (κ1) is 20.9. The van der Waals surface area contributed by atoms with Gasteiger partial charge in [0, 0.05) is 17.6 Å². The van der Waals surface area contributed by atoms with Crippen LogP contribution in [0.25, 0.3) is 0 Å². The molecule has 0 saturated carbocycles. The minimum Gasteiger partial charge on any atom is -0.493 e. The Kier molecular flexibility index (Phi) is 8.26. The molecular weight excluding hydrogens is 410 g/mol. The summed E-state index contributed by atoms with van der Waals surface area (Å²) in [4.78, 5) is 4.66. The maximum Gasteiger partial charge on any atom is 0.203 e. The highest BCUT2D eigenvalue weighted by atomic mass is 79.9. The smallest absolute Gasteiger partial charge is 0.203 e. The first-order chi connectivity index (χ1) is 13.1. The third kappa shape index (κ3) is 6.06. The van der Waals surface area contributed by atoms with Crippen molar-refractivity contribution in [3.8, 4) is 17.2 Å². The molecule has 0 heterocycles. The maximum atomic E-state index is 5.40. The van der Waals surface area contributed by atoms with Gasteiger partial charge in [0.05, 0.1) is 27.9 Å². The highest BCUT2D eigenvalue weighted by Gasteiger charge is 2.13. The fraction of sp³-hybridized carbons (Fsp3) is 0.350. The minimum absolute atomic E-state index is 0.479. The van der Waals surface area contributed by atoms with Gasteiger partial charge in [0.2, 0.25) is 5.75 Å². The van der Waals surface area contributed by atoms with Crippen LogP contribution in [0, 0.1) is 0 Å². The van der Waals surface area contributed by atoms with Crippen molar-refractivity contribution in [2.24, 2.45) is 4.99 Å². The van der Waals surface area contributed by atoms with E-state index in [0.29, 0.717) is 30.3 Å². The summed E-state index contributed by atoms with van der Waals surface area (Å²) in [5.74, 6) is 2.56. The predicted molar refractivity (Wildman–Crippen MR) is 112 cm³/mol. The molecule has 2 aromatic carbocycles. The standard InChI is InChI=1S/C20H26BrN3O3/c1-5-22-20(23-12-14-6-8-16(21)9-7-14)24-13-15-10-17(25-2)19(27-4)18(11-15)26-3/h6-11H,5,12-13H2,1-4H3,(H2,22,23,24). The lowest BCUT2D eigenvalue weighted by atomic mass is 10.2. The Bertz CT molecular complexity index is 739. The van der Waals surface area contributed by atoms with Crippen LogP contribution in [0.1, 0.15) is 18.1 Å². The number of halogens is 1. The Labute approximate surface area is 169 Å². The summed E-state index contributed by atoms with van der Waals surface area (Å²) in [6, 6.07) is 12.0. The van der Waals surface area contributed by atoms with Gasteiger partial charge in [-0.05, 0) is 42.3 Å². The van der Waals surface area contributed by atoms with E-state index in [2.05, 4.69) is 43.7 Å². The van der Waals surface area contributed by atoms with Crippen molar-refractivity contribution in [1.82, 2.24) is 10.6 Å². The van der Waals surface area contributed by atoms with Crippen LogP contribution in [-0.4, -0.2) is 33.8 Å². The molecule has 0 aromatic heterocycles. The zero-order valence-corrected chi connectivity index (χ0v) is 17.7. The second-order valence-electron chi connectivity index (χ2n) is 5.71. The van der Waals surface area contributed by atoms with E-state index in [4.69, 9.17) is 14.2 Å². The normalized spacial score (nSPS) is 11.1. The van der Waals surface area contributed by atoms with Gasteiger partial charge in [-0.1, -0.05) is 28.1 Å². The lowest BCUT2D eigenvalue weighted by Gasteiger charge is -2.14. The van der Waals surface area contributed by atoms with Gasteiger partial charge < -0.3 is 24.8 Å². The topological polar surface area (TPSA) is 64.1 Å². The second-order valence-corrected chi connectivity index (χ2v) is 6.62. The summed E-state index contributed by atoms with van der Waals surface area (Å²) in [7, 11) is 4.80. The van der Waals surface area contributed by atoms with E-state index in [1.807, 2.05) is 31.2 Å². The van der Waals surface area contributed by atoms with Crippen LogP contribution in [0.15, 0.2) is 45.9 Å². The molecule has 0 aliphatic rings. The van der Waals surface area contributed by atoms with E-state index in [-0.39, 0.29) is 0 Å². The number of ether oxygens (including phenoxy) is 3. The van der Waals surface area contributed by atoms with E-state index in [1.54, 1.807) is 21.3 Å². The molecule has 0 aliphatic heterocycles. The van der Waals surface area contributed by atoms with Crippen LogP contribution in [0.4, 0.5) is 0 Å². The summed E-state index contributed by atoms with van der Waals surface area (Å²) in [5.41, 5.74) is 2.14. The van der Waals surface area contributed by atoms with E-state index < -0.39 is 0 Å². The van der Waals surface area contributed by atoms with E-state index in [1.165, 1.54) is 5.56 Å². The number of rotatable bonds is 8. The van der Waals surface area contributed by atoms with Crippen molar-refractivity contribution in [3.05, 3.63) is 52.0 Å². The number of hydrogen-bond donors (Lipinski definition) is 2. The highest BCUT2D eigenvalue weighted by molar-refractivity contribution is 9.10. The molecule has 146 valence electrons. The van der Waals surface area contributed by atoms with Gasteiger partial charge >= 0.3 is 0 Å². The van der Waals surface area contributed by atoms with Gasteiger partial charge in [0.15, 0.2) is 17.5 Å². The van der Waals surface area contributed by atoms with Gasteiger partial charge in [0.1, 0.15) is 0 Å². The molecule has 0 fully saturated rings. The van der Waals surface area contributed by atoms with E-state index in [9.17, 15) is 0 Å². The van der Waals surface area contributed by atoms with Crippen LogP contribution in [-0.2, 0) is 13.1 Å². The minimum atomic E-state index is 0.479. The second kappa shape index (κ2) is 10.7. The molecule has 0 radical (unpaired) electrons. The molecule has 0 aliphatic carbocycles. The molecule has 0 spiro atoms. The number of nitrogens with one attached hydrogen (secondary N) is 2. The molecule has 0 amide bonds. The molecule has 0 unspecified atom stereocenters. The van der Waals surface area contributed by atoms with Crippen LogP contribution in [0.2, 0.25) is 0 Å². The van der Waals surface area contributed by atoms with Crippen molar-refractivity contribution in [1.29, 1.82) is 0 Å². The Balaban J connectivity index is 2.12. The number of nitrogens with zero attached hydrogens (tertiary/aromatic N) is 1. The van der Waals surface area contributed by atoms with Crippen LogP contribution < -0.4 is 24.8 Å². The van der Waals surface area contributed by atoms with Crippen molar-refractivity contribution in [2.75, 3.05) is 27.9 Å². The predicted octanol–water partition coefficient (Wildman–Crippen LogP) is 3.73. The highest BCUT2D eigenvalue weighted by Crippen LogP contribution is 2.38. The van der Waals surface area contributed by atoms with Gasteiger partial charge in [-0.15, -0.1) is 0 Å². The number of methoxy groups -OCH3 is 3. The first-order valence-corrected chi connectivity index (χ1v) is 9.46. The third-order valence-electron chi connectivity index (χ3n) is 3.86. The summed E-state index contributed by atoms with van der Waals surface area (Å²) < 4.78 is 17.2. The Morgan fingerprint density at radius 1 is 0.926 bits per heavy atom. The Hall–Kier alpha value is -2.41. The number of benzene rings is 2. The number of guanidine groups is 1. The van der Waals surface area contributed by atoms with Crippen LogP contribution in [0.3, 0.4) is 0 Å². The summed E-state index contributed by atoms with van der Waals surface area (Å²) in [6.45, 7) is 3.98. The molecule has 2 N–H and O–H groups in total. The molecule has 0 atom stereocenters. The van der Waals surface area contributed by atoms with Gasteiger partial charge in [-0.3, -0.25) is 0 Å². The van der Waals surface area contributed by atoms with Crippen molar-refractivity contribution < 1.29 is 14.2 Å². The largest absolute Gasteiger partial charge is 0.493 e. The fourth-order valence-corrected chi connectivity index (χ4v) is 2.79. The van der Waals surface area contributed by atoms with Gasteiger partial charge in [-0.2, -0.15) is 0 Å². The van der Waals surface area contributed by atoms with E-state index >= 15 is 0 Å². The zero-order chi connectivity index (χ0) is 19.6. The average Bonchev–Trinajstić information content (AvgIpc) is 2.70. The van der Waals surface area contributed by atoms with Gasteiger partial charge in [-0.25, -0.2) is 4.99 Å². The fourth-order valence-electron chi connectivity index (χ4n) is 2.53. The molecule has 6 nitrogen and oxygen atoms in total. The first-order valence-electron chi connectivity index (χ1n) is 8.66. The lowest BCUT2D eigenvalue weighted by Crippen LogP contribution is -2.36. The molecule has 7 heteroatoms. The summed E-state index contributed by atoms with van der Waals surface area (Å²) in [5, 5.41) is 6.60. The van der Waals surface area contributed by atoms with Crippen LogP contribution >= 0.6 is 15.9 Å². The molecule has 0 bridgehead atoms. The zero-order valence-electron chi connectivity index (χ0n) is 16.1. The van der Waals surface area contributed by atoms with E-state index in [0.717, 1.165) is 22.5 Å². The quantitative estimate of drug-likeness (QED) is 0.488. The number of hydrogen-bond acceptors (Lipinski definition) is 4. The molecule has 0 saturated heterocycles. The maximum absolute atomic E-state index is 5.40. The summed E-state index contributed by atoms with van der Waals surface area (Å²) >= 11 is 3.45. The lowest BCUT2D eigenvalue weighted by molar-refractivity contribution is 0.324. The monoisotopic (exact) mass is 435 g/mol. The van der Waals surface area contributed by atoms with Crippen LogP contribution in [0.5, 0.6) is 17.2 Å². The third-order valence-corrected chi connectivity index (χ3v) is 4.39. The molecule has 2 rings (SSSR count). The SMILES string of the molecule is CCNC(=NCc1cc(OC)c(OC)c(OC)c1)NCc1ccc(Br)cc1. The molecule has 2 aromatic rings. The van der Waals surface area contributed by atoms with Crippen molar-refractivity contribution in [3.63, 3.8) is 0 Å². The Morgan fingerprint density at radius 2 is 1.56 bits per heavy atom. The molecule has 27 heavy (non-hydrogen) atoms. The van der Waals surface area contributed by atoms with Gasteiger partial charge in [0.25, 0.3) is 0 Å². The van der Waals surface area contributed by atoms with Crippen molar-refractivity contribution in [2.45, 2.75) is 20.0 Å². The Morgan fingerprint density at radius 3 is 2.07 bits per heavy atom. The van der Waals surface area contributed by atoms with Crippen molar-refractivity contribution >= 4 is 21.9 Å². The average molecular weight is 436 g/mol.